The Morgan fingerprint density at radius 2 is 1.73 bits per heavy atom. The van der Waals surface area contributed by atoms with Crippen LogP contribution in [-0.2, 0) is 20.1 Å². The van der Waals surface area contributed by atoms with Crippen molar-refractivity contribution in [1.82, 2.24) is 14.7 Å². The third-order valence-electron chi connectivity index (χ3n) is 5.52. The summed E-state index contributed by atoms with van der Waals surface area (Å²) in [5.74, 6) is 2.30. The standard InChI is InChI=1S/C27H31N3O3/c1-3-11-22(31)18-30(19-24-16-10-17-32-24)20-25-26(21-12-6-4-7-13-21)28-29(2)27(25)33-23-14-8-5-9-15-23/h4-10,12-17,22,31H,3,11,18-20H2,1-2H3. The predicted octanol–water partition coefficient (Wildman–Crippen LogP) is 5.64. The first-order valence-corrected chi connectivity index (χ1v) is 11.4. The van der Waals surface area contributed by atoms with Gasteiger partial charge in [0, 0.05) is 25.7 Å². The molecule has 4 rings (SSSR count). The number of benzene rings is 2. The number of aliphatic hydroxyl groups is 1. The quantitative estimate of drug-likeness (QED) is 0.324. The van der Waals surface area contributed by atoms with Crippen LogP contribution in [-0.4, -0.2) is 32.4 Å². The molecule has 1 atom stereocenters. The van der Waals surface area contributed by atoms with E-state index >= 15 is 0 Å². The van der Waals surface area contributed by atoms with Gasteiger partial charge in [-0.25, -0.2) is 4.68 Å². The van der Waals surface area contributed by atoms with Crippen molar-refractivity contribution >= 4 is 0 Å². The normalized spacial score (nSPS) is 12.2. The van der Waals surface area contributed by atoms with E-state index in [0.717, 1.165) is 41.2 Å². The van der Waals surface area contributed by atoms with E-state index in [4.69, 9.17) is 14.3 Å². The van der Waals surface area contributed by atoms with E-state index in [1.807, 2.05) is 67.7 Å². The minimum atomic E-state index is -0.416. The summed E-state index contributed by atoms with van der Waals surface area (Å²) in [6, 6.07) is 23.7. The third-order valence-corrected chi connectivity index (χ3v) is 5.52. The zero-order valence-electron chi connectivity index (χ0n) is 19.2. The van der Waals surface area contributed by atoms with Crippen LogP contribution in [0.2, 0.25) is 0 Å². The molecule has 2 heterocycles. The maximum atomic E-state index is 10.6. The van der Waals surface area contributed by atoms with Gasteiger partial charge in [0.15, 0.2) is 0 Å². The second-order valence-corrected chi connectivity index (χ2v) is 8.23. The minimum absolute atomic E-state index is 0.416. The molecular weight excluding hydrogens is 414 g/mol. The lowest BCUT2D eigenvalue weighted by molar-refractivity contribution is 0.0928. The Labute approximate surface area is 195 Å². The van der Waals surface area contributed by atoms with Crippen LogP contribution in [0, 0.1) is 0 Å². The molecule has 6 heteroatoms. The van der Waals surface area contributed by atoms with Crippen LogP contribution in [0.15, 0.2) is 83.5 Å². The molecule has 0 aliphatic heterocycles. The Morgan fingerprint density at radius 1 is 1.00 bits per heavy atom. The van der Waals surface area contributed by atoms with E-state index in [-0.39, 0.29) is 0 Å². The molecule has 1 unspecified atom stereocenters. The number of para-hydroxylation sites is 1. The maximum Gasteiger partial charge on any atom is 0.222 e. The highest BCUT2D eigenvalue weighted by Crippen LogP contribution is 2.34. The summed E-state index contributed by atoms with van der Waals surface area (Å²) >= 11 is 0. The molecule has 0 aliphatic rings. The number of aryl methyl sites for hydroxylation is 1. The summed E-state index contributed by atoms with van der Waals surface area (Å²) in [5.41, 5.74) is 2.87. The molecule has 0 bridgehead atoms. The second kappa shape index (κ2) is 11.0. The molecule has 0 fully saturated rings. The molecule has 0 saturated carbocycles. The minimum Gasteiger partial charge on any atom is -0.468 e. The van der Waals surface area contributed by atoms with Crippen LogP contribution in [0.3, 0.4) is 0 Å². The van der Waals surface area contributed by atoms with Crippen molar-refractivity contribution in [3.63, 3.8) is 0 Å². The van der Waals surface area contributed by atoms with Crippen molar-refractivity contribution < 1.29 is 14.3 Å². The molecule has 0 aliphatic carbocycles. The van der Waals surface area contributed by atoms with E-state index in [1.165, 1.54) is 0 Å². The van der Waals surface area contributed by atoms with Gasteiger partial charge in [-0.3, -0.25) is 4.90 Å². The molecular formula is C27H31N3O3. The van der Waals surface area contributed by atoms with Crippen molar-refractivity contribution in [2.75, 3.05) is 6.54 Å². The number of hydrogen-bond acceptors (Lipinski definition) is 5. The van der Waals surface area contributed by atoms with Gasteiger partial charge in [-0.1, -0.05) is 61.9 Å². The molecule has 0 amide bonds. The van der Waals surface area contributed by atoms with E-state index in [2.05, 4.69) is 24.0 Å². The van der Waals surface area contributed by atoms with E-state index < -0.39 is 6.10 Å². The van der Waals surface area contributed by atoms with Gasteiger partial charge in [-0.15, -0.1) is 0 Å². The van der Waals surface area contributed by atoms with Crippen molar-refractivity contribution in [2.24, 2.45) is 7.05 Å². The summed E-state index contributed by atoms with van der Waals surface area (Å²) < 4.78 is 13.7. The number of hydrogen-bond donors (Lipinski definition) is 1. The zero-order chi connectivity index (χ0) is 23.0. The lowest BCUT2D eigenvalue weighted by atomic mass is 10.1. The molecule has 2 aromatic carbocycles. The van der Waals surface area contributed by atoms with Crippen LogP contribution < -0.4 is 4.74 Å². The Balaban J connectivity index is 1.71. The molecule has 172 valence electrons. The molecule has 0 radical (unpaired) electrons. The molecule has 6 nitrogen and oxygen atoms in total. The third kappa shape index (κ3) is 5.92. The van der Waals surface area contributed by atoms with Crippen LogP contribution >= 0.6 is 0 Å². The van der Waals surface area contributed by atoms with Gasteiger partial charge in [0.05, 0.1) is 24.5 Å². The Bertz CT molecular complexity index is 1110. The molecule has 33 heavy (non-hydrogen) atoms. The van der Waals surface area contributed by atoms with E-state index in [9.17, 15) is 5.11 Å². The van der Waals surface area contributed by atoms with Gasteiger partial charge in [0.2, 0.25) is 5.88 Å². The van der Waals surface area contributed by atoms with Crippen LogP contribution in [0.25, 0.3) is 11.3 Å². The maximum absolute atomic E-state index is 10.6. The summed E-state index contributed by atoms with van der Waals surface area (Å²) in [6.07, 6.45) is 2.95. The fourth-order valence-corrected chi connectivity index (χ4v) is 4.00. The van der Waals surface area contributed by atoms with Gasteiger partial charge < -0.3 is 14.3 Å². The van der Waals surface area contributed by atoms with Crippen molar-refractivity contribution in [3.8, 4) is 22.9 Å². The Hall–Kier alpha value is -3.35. The SMILES string of the molecule is CCCC(O)CN(Cc1ccco1)Cc1c(-c2ccccc2)nn(C)c1Oc1ccccc1. The first-order chi connectivity index (χ1) is 16.1. The fourth-order valence-electron chi connectivity index (χ4n) is 4.00. The van der Waals surface area contributed by atoms with Gasteiger partial charge in [-0.2, -0.15) is 5.10 Å². The van der Waals surface area contributed by atoms with Crippen LogP contribution in [0.5, 0.6) is 11.6 Å². The van der Waals surface area contributed by atoms with E-state index in [0.29, 0.717) is 25.5 Å². The van der Waals surface area contributed by atoms with Gasteiger partial charge >= 0.3 is 0 Å². The fraction of sp³-hybridized carbons (Fsp3) is 0.296. The van der Waals surface area contributed by atoms with Gasteiger partial charge in [0.25, 0.3) is 0 Å². The second-order valence-electron chi connectivity index (χ2n) is 8.23. The first-order valence-electron chi connectivity index (χ1n) is 11.4. The summed E-state index contributed by atoms with van der Waals surface area (Å²) in [4.78, 5) is 2.19. The highest BCUT2D eigenvalue weighted by Gasteiger charge is 2.24. The predicted molar refractivity (Wildman–Crippen MR) is 129 cm³/mol. The lowest BCUT2D eigenvalue weighted by Crippen LogP contribution is -2.31. The Kier molecular flexibility index (Phi) is 7.60. The summed E-state index contributed by atoms with van der Waals surface area (Å²) in [6.45, 7) is 3.76. The number of aliphatic hydroxyl groups excluding tert-OH is 1. The largest absolute Gasteiger partial charge is 0.468 e. The molecule has 1 N–H and O–H groups in total. The number of nitrogens with zero attached hydrogens (tertiary/aromatic N) is 3. The lowest BCUT2D eigenvalue weighted by Gasteiger charge is -2.24. The number of ether oxygens (including phenoxy) is 1. The topological polar surface area (TPSA) is 63.7 Å². The van der Waals surface area contributed by atoms with Crippen molar-refractivity contribution in [3.05, 3.63) is 90.4 Å². The zero-order valence-corrected chi connectivity index (χ0v) is 19.2. The Morgan fingerprint density at radius 3 is 2.39 bits per heavy atom. The van der Waals surface area contributed by atoms with Crippen LogP contribution in [0.4, 0.5) is 0 Å². The van der Waals surface area contributed by atoms with Crippen molar-refractivity contribution in [2.45, 2.75) is 39.0 Å². The highest BCUT2D eigenvalue weighted by molar-refractivity contribution is 5.65. The first kappa shape index (κ1) is 22.8. The van der Waals surface area contributed by atoms with Crippen molar-refractivity contribution in [1.29, 1.82) is 0 Å². The summed E-state index contributed by atoms with van der Waals surface area (Å²) in [5, 5.41) is 15.4. The molecule has 4 aromatic rings. The number of furan rings is 1. The van der Waals surface area contributed by atoms with Gasteiger partial charge in [-0.05, 0) is 30.7 Å². The number of aromatic nitrogens is 2. The van der Waals surface area contributed by atoms with E-state index in [1.54, 1.807) is 10.9 Å². The number of rotatable bonds is 11. The monoisotopic (exact) mass is 445 g/mol. The molecule has 0 spiro atoms. The average molecular weight is 446 g/mol. The summed E-state index contributed by atoms with van der Waals surface area (Å²) in [7, 11) is 1.90. The molecule has 0 saturated heterocycles. The highest BCUT2D eigenvalue weighted by atomic mass is 16.5. The average Bonchev–Trinajstić information content (AvgIpc) is 3.44. The molecule has 2 aromatic heterocycles. The van der Waals surface area contributed by atoms with Gasteiger partial charge in [0.1, 0.15) is 17.2 Å². The van der Waals surface area contributed by atoms with Crippen LogP contribution in [0.1, 0.15) is 31.1 Å². The smallest absolute Gasteiger partial charge is 0.222 e.